The molecule has 0 unspecified atom stereocenters. The number of hydrogen-bond acceptors (Lipinski definition) is 2. The van der Waals surface area contributed by atoms with Crippen LogP contribution in [0.5, 0.6) is 0 Å². The minimum Gasteiger partial charge on any atom is -0.463 e. The van der Waals surface area contributed by atoms with Crippen LogP contribution < -0.4 is 0 Å². The average molecular weight is 236 g/mol. The molecule has 0 saturated heterocycles. The van der Waals surface area contributed by atoms with Gasteiger partial charge in [-0.15, -0.1) is 0 Å². The Bertz CT molecular complexity index is 382. The first-order valence-corrected chi connectivity index (χ1v) is 5.73. The monoisotopic (exact) mass is 236 g/mol. The summed E-state index contributed by atoms with van der Waals surface area (Å²) in [6.45, 7) is 5.82. The van der Waals surface area contributed by atoms with Crippen LogP contribution in [0.1, 0.15) is 25.3 Å². The molecular formula is C14H17FO2. The normalized spacial score (nSPS) is 10.0. The Morgan fingerprint density at radius 1 is 1.35 bits per heavy atom. The van der Waals surface area contributed by atoms with Crippen molar-refractivity contribution in [3.63, 3.8) is 0 Å². The molecule has 1 aromatic carbocycles. The average Bonchev–Trinajstić information content (AvgIpc) is 2.32. The third kappa shape index (κ3) is 4.81. The van der Waals surface area contributed by atoms with Gasteiger partial charge in [0, 0.05) is 5.57 Å². The van der Waals surface area contributed by atoms with E-state index in [0.717, 1.165) is 18.4 Å². The first-order chi connectivity index (χ1) is 8.13. The van der Waals surface area contributed by atoms with Crippen LogP contribution >= 0.6 is 0 Å². The molecule has 17 heavy (non-hydrogen) atoms. The van der Waals surface area contributed by atoms with Crippen molar-refractivity contribution in [3.8, 4) is 0 Å². The summed E-state index contributed by atoms with van der Waals surface area (Å²) < 4.78 is 17.5. The van der Waals surface area contributed by atoms with Gasteiger partial charge in [-0.1, -0.05) is 18.7 Å². The summed E-state index contributed by atoms with van der Waals surface area (Å²) in [6, 6.07) is 6.38. The first kappa shape index (κ1) is 13.4. The van der Waals surface area contributed by atoms with Crippen LogP contribution in [0.4, 0.5) is 4.39 Å². The molecule has 0 aliphatic heterocycles. The third-order valence-electron chi connectivity index (χ3n) is 2.42. The summed E-state index contributed by atoms with van der Waals surface area (Å²) in [4.78, 5) is 11.3. The molecule has 0 heterocycles. The van der Waals surface area contributed by atoms with Crippen molar-refractivity contribution in [2.24, 2.45) is 0 Å². The molecule has 0 N–H and O–H groups in total. The fraction of sp³-hybridized carbons (Fsp3) is 0.357. The largest absolute Gasteiger partial charge is 0.463 e. The van der Waals surface area contributed by atoms with Crippen LogP contribution in [0, 0.1) is 5.82 Å². The summed E-state index contributed by atoms with van der Waals surface area (Å²) in [7, 11) is 0. The van der Waals surface area contributed by atoms with Crippen LogP contribution in [0.25, 0.3) is 0 Å². The molecule has 92 valence electrons. The van der Waals surface area contributed by atoms with Crippen molar-refractivity contribution in [1.29, 1.82) is 0 Å². The third-order valence-corrected chi connectivity index (χ3v) is 2.42. The van der Waals surface area contributed by atoms with Gasteiger partial charge in [0.1, 0.15) is 5.82 Å². The number of halogens is 1. The lowest BCUT2D eigenvalue weighted by Crippen LogP contribution is -2.06. The molecular weight excluding hydrogens is 219 g/mol. The summed E-state index contributed by atoms with van der Waals surface area (Å²) in [5, 5.41) is 0. The second-order valence-electron chi connectivity index (χ2n) is 3.80. The molecule has 1 rings (SSSR count). The van der Waals surface area contributed by atoms with Gasteiger partial charge in [0.05, 0.1) is 6.61 Å². The molecule has 0 radical (unpaired) electrons. The molecule has 0 saturated carbocycles. The molecule has 0 aromatic heterocycles. The quantitative estimate of drug-likeness (QED) is 0.559. The topological polar surface area (TPSA) is 26.3 Å². The molecule has 0 bridgehead atoms. The lowest BCUT2D eigenvalue weighted by molar-refractivity contribution is -0.138. The van der Waals surface area contributed by atoms with E-state index in [4.69, 9.17) is 4.74 Å². The maximum atomic E-state index is 12.7. The van der Waals surface area contributed by atoms with Crippen molar-refractivity contribution >= 4 is 5.97 Å². The van der Waals surface area contributed by atoms with E-state index < -0.39 is 0 Å². The zero-order valence-corrected chi connectivity index (χ0v) is 10.0. The highest BCUT2D eigenvalue weighted by atomic mass is 19.1. The number of ether oxygens (including phenoxy) is 1. The van der Waals surface area contributed by atoms with Gasteiger partial charge in [-0.05, 0) is 43.9 Å². The van der Waals surface area contributed by atoms with Gasteiger partial charge in [-0.3, -0.25) is 0 Å². The highest BCUT2D eigenvalue weighted by Gasteiger charge is 2.06. The van der Waals surface area contributed by atoms with Crippen LogP contribution in [0.15, 0.2) is 36.4 Å². The van der Waals surface area contributed by atoms with Crippen molar-refractivity contribution < 1.29 is 13.9 Å². The smallest absolute Gasteiger partial charge is 0.333 e. The van der Waals surface area contributed by atoms with Crippen molar-refractivity contribution in [3.05, 3.63) is 47.8 Å². The van der Waals surface area contributed by atoms with E-state index in [0.29, 0.717) is 18.6 Å². The second kappa shape index (κ2) is 6.84. The van der Waals surface area contributed by atoms with E-state index in [1.807, 2.05) is 0 Å². The van der Waals surface area contributed by atoms with Gasteiger partial charge in [0.25, 0.3) is 0 Å². The Morgan fingerprint density at radius 3 is 2.59 bits per heavy atom. The molecule has 2 nitrogen and oxygen atoms in total. The summed E-state index contributed by atoms with van der Waals surface area (Å²) in [5.74, 6) is -0.559. The first-order valence-electron chi connectivity index (χ1n) is 5.73. The molecule has 3 heteroatoms. The minimum atomic E-state index is -0.327. The van der Waals surface area contributed by atoms with Gasteiger partial charge < -0.3 is 4.74 Å². The van der Waals surface area contributed by atoms with Gasteiger partial charge >= 0.3 is 5.97 Å². The number of carbonyl (C=O) groups is 1. The number of benzene rings is 1. The van der Waals surface area contributed by atoms with Crippen molar-refractivity contribution in [2.75, 3.05) is 6.61 Å². The molecule has 0 spiro atoms. The molecule has 1 aromatic rings. The van der Waals surface area contributed by atoms with Crippen LogP contribution in [-0.2, 0) is 16.0 Å². The fourth-order valence-corrected chi connectivity index (χ4v) is 1.49. The van der Waals surface area contributed by atoms with Crippen molar-refractivity contribution in [1.82, 2.24) is 0 Å². The van der Waals surface area contributed by atoms with Crippen LogP contribution in [-0.4, -0.2) is 12.6 Å². The highest BCUT2D eigenvalue weighted by molar-refractivity contribution is 5.87. The second-order valence-corrected chi connectivity index (χ2v) is 3.80. The summed E-state index contributed by atoms with van der Waals surface area (Å²) in [5.41, 5.74) is 1.55. The lowest BCUT2D eigenvalue weighted by atomic mass is 10.1. The molecule has 0 fully saturated rings. The SMILES string of the molecule is C=C(CCCc1ccc(F)cc1)C(=O)OCC. The van der Waals surface area contributed by atoms with E-state index in [2.05, 4.69) is 6.58 Å². The van der Waals surface area contributed by atoms with E-state index in [1.54, 1.807) is 19.1 Å². The molecule has 0 amide bonds. The number of hydrogen-bond donors (Lipinski definition) is 0. The Hall–Kier alpha value is -1.64. The fourth-order valence-electron chi connectivity index (χ4n) is 1.49. The van der Waals surface area contributed by atoms with E-state index in [1.165, 1.54) is 12.1 Å². The molecule has 0 aliphatic carbocycles. The zero-order chi connectivity index (χ0) is 12.7. The Morgan fingerprint density at radius 2 is 2.00 bits per heavy atom. The number of carbonyl (C=O) groups excluding carboxylic acids is 1. The Labute approximate surface area is 101 Å². The predicted molar refractivity (Wildman–Crippen MR) is 65.1 cm³/mol. The van der Waals surface area contributed by atoms with Gasteiger partial charge in [-0.25, -0.2) is 9.18 Å². The Balaban J connectivity index is 2.30. The Kier molecular flexibility index (Phi) is 5.40. The van der Waals surface area contributed by atoms with Crippen molar-refractivity contribution in [2.45, 2.75) is 26.2 Å². The van der Waals surface area contributed by atoms with Crippen LogP contribution in [0.2, 0.25) is 0 Å². The lowest BCUT2D eigenvalue weighted by Gasteiger charge is -2.05. The maximum Gasteiger partial charge on any atom is 0.333 e. The summed E-state index contributed by atoms with van der Waals surface area (Å²) >= 11 is 0. The van der Waals surface area contributed by atoms with E-state index >= 15 is 0 Å². The standard InChI is InChI=1S/C14H17FO2/c1-3-17-14(16)11(2)5-4-6-12-7-9-13(15)10-8-12/h7-10H,2-6H2,1H3. The summed E-state index contributed by atoms with van der Waals surface area (Å²) in [6.07, 6.45) is 2.22. The van der Waals surface area contributed by atoms with E-state index in [9.17, 15) is 9.18 Å². The highest BCUT2D eigenvalue weighted by Crippen LogP contribution is 2.11. The zero-order valence-electron chi connectivity index (χ0n) is 10.0. The number of rotatable bonds is 6. The minimum absolute atomic E-state index is 0.232. The van der Waals surface area contributed by atoms with Gasteiger partial charge in [0.15, 0.2) is 0 Å². The molecule has 0 aliphatic rings. The van der Waals surface area contributed by atoms with Crippen LogP contribution in [0.3, 0.4) is 0 Å². The van der Waals surface area contributed by atoms with Gasteiger partial charge in [0.2, 0.25) is 0 Å². The number of esters is 1. The molecule has 0 atom stereocenters. The van der Waals surface area contributed by atoms with Gasteiger partial charge in [-0.2, -0.15) is 0 Å². The predicted octanol–water partition coefficient (Wildman–Crippen LogP) is 3.27. The van der Waals surface area contributed by atoms with E-state index in [-0.39, 0.29) is 11.8 Å². The number of aryl methyl sites for hydroxylation is 1. The maximum absolute atomic E-state index is 12.7.